The molecule has 0 atom stereocenters. The fraction of sp³-hybridized carbons (Fsp3) is 0.182. The number of phenols is 1. The molecule has 88 valence electrons. The van der Waals surface area contributed by atoms with Gasteiger partial charge in [-0.3, -0.25) is 4.79 Å². The van der Waals surface area contributed by atoms with Crippen LogP contribution in [0.2, 0.25) is 0 Å². The third-order valence-electron chi connectivity index (χ3n) is 2.74. The summed E-state index contributed by atoms with van der Waals surface area (Å²) in [5, 5.41) is 19.9. The van der Waals surface area contributed by atoms with Crippen molar-refractivity contribution in [2.45, 2.75) is 13.8 Å². The van der Waals surface area contributed by atoms with E-state index in [0.29, 0.717) is 5.56 Å². The third kappa shape index (κ3) is 1.73. The largest absolute Gasteiger partial charge is 0.507 e. The van der Waals surface area contributed by atoms with E-state index in [4.69, 9.17) is 5.73 Å². The first-order chi connectivity index (χ1) is 8.02. The number of hydrogen-bond donors (Lipinski definition) is 3. The number of phenolic OH excluding ortho intramolecular Hbond substituents is 1. The molecule has 0 aliphatic rings. The van der Waals surface area contributed by atoms with Gasteiger partial charge in [-0.15, -0.1) is 0 Å². The smallest absolute Gasteiger partial charge is 0.271 e. The van der Waals surface area contributed by atoms with E-state index in [1.165, 1.54) is 0 Å². The molecule has 0 aliphatic carbocycles. The van der Waals surface area contributed by atoms with Gasteiger partial charge in [-0.05, 0) is 31.0 Å². The molecule has 1 heterocycles. The Morgan fingerprint density at radius 2 is 2.06 bits per heavy atom. The molecule has 0 saturated heterocycles. The lowest BCUT2D eigenvalue weighted by atomic mass is 10.0. The van der Waals surface area contributed by atoms with Crippen LogP contribution in [0.4, 0.5) is 0 Å². The van der Waals surface area contributed by atoms with Gasteiger partial charge in [0.2, 0.25) is 0 Å². The summed E-state index contributed by atoms with van der Waals surface area (Å²) in [6.45, 7) is 3.68. The number of H-pyrrole nitrogens is 1. The summed E-state index contributed by atoms with van der Waals surface area (Å²) in [4.78, 5) is 11.1. The average Bonchev–Trinajstić information content (AvgIpc) is 2.75. The number of aryl methyl sites for hydroxylation is 1. The second kappa shape index (κ2) is 3.89. The SMILES string of the molecule is Cc1ccc(-c2n[nH]nc2C(N)=O)c(O)c1C. The molecular formula is C11H12N4O2. The van der Waals surface area contributed by atoms with Gasteiger partial charge < -0.3 is 10.8 Å². The molecule has 1 amide bonds. The zero-order valence-electron chi connectivity index (χ0n) is 9.48. The van der Waals surface area contributed by atoms with Crippen molar-refractivity contribution < 1.29 is 9.90 Å². The normalized spacial score (nSPS) is 10.5. The van der Waals surface area contributed by atoms with E-state index < -0.39 is 5.91 Å². The van der Waals surface area contributed by atoms with Crippen LogP contribution in [-0.2, 0) is 0 Å². The highest BCUT2D eigenvalue weighted by Crippen LogP contribution is 2.33. The van der Waals surface area contributed by atoms with Gasteiger partial charge in [0.1, 0.15) is 11.4 Å². The number of carbonyl (C=O) groups is 1. The molecule has 0 unspecified atom stereocenters. The van der Waals surface area contributed by atoms with Gasteiger partial charge in [0.25, 0.3) is 5.91 Å². The Balaban J connectivity index is 2.65. The number of nitrogens with zero attached hydrogens (tertiary/aromatic N) is 2. The first kappa shape index (κ1) is 11.1. The van der Waals surface area contributed by atoms with E-state index in [0.717, 1.165) is 11.1 Å². The maximum atomic E-state index is 11.1. The molecule has 0 bridgehead atoms. The van der Waals surface area contributed by atoms with Gasteiger partial charge in [-0.25, -0.2) is 0 Å². The van der Waals surface area contributed by atoms with Crippen molar-refractivity contribution >= 4 is 5.91 Å². The molecule has 4 N–H and O–H groups in total. The molecule has 0 radical (unpaired) electrons. The molecule has 6 heteroatoms. The Labute approximate surface area is 97.5 Å². The van der Waals surface area contributed by atoms with Crippen molar-refractivity contribution in [3.05, 3.63) is 29.0 Å². The van der Waals surface area contributed by atoms with Crippen LogP contribution in [0, 0.1) is 13.8 Å². The van der Waals surface area contributed by atoms with Crippen LogP contribution in [0.15, 0.2) is 12.1 Å². The number of hydrogen-bond acceptors (Lipinski definition) is 4. The number of aromatic nitrogens is 3. The molecule has 0 saturated carbocycles. The number of rotatable bonds is 2. The molecule has 2 rings (SSSR count). The van der Waals surface area contributed by atoms with Crippen LogP contribution in [0.3, 0.4) is 0 Å². The number of amides is 1. The minimum Gasteiger partial charge on any atom is -0.507 e. The summed E-state index contributed by atoms with van der Waals surface area (Å²) in [5.41, 5.74) is 7.58. The predicted octanol–water partition coefficient (Wildman–Crippen LogP) is 0.893. The highest BCUT2D eigenvalue weighted by atomic mass is 16.3. The van der Waals surface area contributed by atoms with Crippen LogP contribution >= 0.6 is 0 Å². The highest BCUT2D eigenvalue weighted by molar-refractivity contribution is 5.97. The van der Waals surface area contributed by atoms with Gasteiger partial charge in [0.05, 0.1) is 0 Å². The van der Waals surface area contributed by atoms with Crippen molar-refractivity contribution in [3.8, 4) is 17.0 Å². The van der Waals surface area contributed by atoms with E-state index >= 15 is 0 Å². The molecular weight excluding hydrogens is 220 g/mol. The van der Waals surface area contributed by atoms with Gasteiger partial charge in [0.15, 0.2) is 5.69 Å². The minimum absolute atomic E-state index is 0.0172. The van der Waals surface area contributed by atoms with E-state index in [-0.39, 0.29) is 17.1 Å². The number of nitrogens with two attached hydrogens (primary N) is 1. The van der Waals surface area contributed by atoms with Gasteiger partial charge in [-0.1, -0.05) is 6.07 Å². The molecule has 0 fully saturated rings. The molecule has 6 nitrogen and oxygen atoms in total. The Hall–Kier alpha value is -2.37. The fourth-order valence-electron chi connectivity index (χ4n) is 1.58. The summed E-state index contributed by atoms with van der Waals surface area (Å²) in [5.74, 6) is -0.604. The van der Waals surface area contributed by atoms with Gasteiger partial charge in [0, 0.05) is 5.56 Å². The Kier molecular flexibility index (Phi) is 2.55. The first-order valence-electron chi connectivity index (χ1n) is 5.02. The standard InChI is InChI=1S/C11H12N4O2/c1-5-3-4-7(10(16)6(5)2)8-9(11(12)17)14-15-13-8/h3-4,16H,1-2H3,(H2,12,17)(H,13,14,15). The number of nitrogens with one attached hydrogen (secondary N) is 1. The minimum atomic E-state index is -0.689. The number of primary amides is 1. The number of carbonyl (C=O) groups excluding carboxylic acids is 1. The van der Waals surface area contributed by atoms with Gasteiger partial charge in [-0.2, -0.15) is 15.4 Å². The molecule has 17 heavy (non-hydrogen) atoms. The number of benzene rings is 1. The molecule has 0 spiro atoms. The monoisotopic (exact) mass is 232 g/mol. The lowest BCUT2D eigenvalue weighted by Gasteiger charge is -2.07. The molecule has 2 aromatic rings. The number of aromatic amines is 1. The van der Waals surface area contributed by atoms with Crippen molar-refractivity contribution in [2.75, 3.05) is 0 Å². The maximum absolute atomic E-state index is 11.1. The lowest BCUT2D eigenvalue weighted by molar-refractivity contribution is 0.0996. The van der Waals surface area contributed by atoms with Crippen LogP contribution in [-0.4, -0.2) is 26.4 Å². The predicted molar refractivity (Wildman–Crippen MR) is 61.5 cm³/mol. The summed E-state index contributed by atoms with van der Waals surface area (Å²) in [7, 11) is 0. The topological polar surface area (TPSA) is 105 Å². The summed E-state index contributed by atoms with van der Waals surface area (Å²) < 4.78 is 0. The van der Waals surface area contributed by atoms with Crippen LogP contribution in [0.1, 0.15) is 21.6 Å². The second-order valence-corrected chi connectivity index (χ2v) is 3.79. The van der Waals surface area contributed by atoms with Crippen LogP contribution < -0.4 is 5.73 Å². The van der Waals surface area contributed by atoms with Crippen molar-refractivity contribution in [3.63, 3.8) is 0 Å². The van der Waals surface area contributed by atoms with Crippen molar-refractivity contribution in [2.24, 2.45) is 5.73 Å². The van der Waals surface area contributed by atoms with Gasteiger partial charge >= 0.3 is 0 Å². The fourth-order valence-corrected chi connectivity index (χ4v) is 1.58. The maximum Gasteiger partial charge on any atom is 0.271 e. The Morgan fingerprint density at radius 1 is 1.35 bits per heavy atom. The second-order valence-electron chi connectivity index (χ2n) is 3.79. The zero-order chi connectivity index (χ0) is 12.6. The quantitative estimate of drug-likeness (QED) is 0.715. The Bertz CT molecular complexity index is 589. The highest BCUT2D eigenvalue weighted by Gasteiger charge is 2.19. The summed E-state index contributed by atoms with van der Waals surface area (Å²) >= 11 is 0. The van der Waals surface area contributed by atoms with E-state index in [1.54, 1.807) is 13.0 Å². The summed E-state index contributed by atoms with van der Waals surface area (Å²) in [6.07, 6.45) is 0. The number of aromatic hydroxyl groups is 1. The third-order valence-corrected chi connectivity index (χ3v) is 2.74. The zero-order valence-corrected chi connectivity index (χ0v) is 9.48. The van der Waals surface area contributed by atoms with E-state index in [2.05, 4.69) is 15.4 Å². The lowest BCUT2D eigenvalue weighted by Crippen LogP contribution is -2.12. The van der Waals surface area contributed by atoms with E-state index in [1.807, 2.05) is 13.0 Å². The Morgan fingerprint density at radius 3 is 2.71 bits per heavy atom. The summed E-state index contributed by atoms with van der Waals surface area (Å²) in [6, 6.07) is 3.52. The average molecular weight is 232 g/mol. The van der Waals surface area contributed by atoms with Crippen LogP contribution in [0.25, 0.3) is 11.3 Å². The van der Waals surface area contributed by atoms with Crippen molar-refractivity contribution in [1.82, 2.24) is 15.4 Å². The molecule has 0 aliphatic heterocycles. The molecule has 1 aromatic heterocycles. The molecule has 1 aromatic carbocycles. The van der Waals surface area contributed by atoms with Crippen molar-refractivity contribution in [1.29, 1.82) is 0 Å². The first-order valence-corrected chi connectivity index (χ1v) is 5.02. The van der Waals surface area contributed by atoms with Crippen LogP contribution in [0.5, 0.6) is 5.75 Å². The van der Waals surface area contributed by atoms with E-state index in [9.17, 15) is 9.90 Å².